The van der Waals surface area contributed by atoms with Crippen LogP contribution in [0.2, 0.25) is 0 Å². The summed E-state index contributed by atoms with van der Waals surface area (Å²) in [6.07, 6.45) is 3.23. The molecule has 3 rings (SSSR count). The molecule has 0 aromatic carbocycles. The lowest BCUT2D eigenvalue weighted by atomic mass is 10.3. The van der Waals surface area contributed by atoms with E-state index in [1.165, 1.54) is 11.8 Å². The van der Waals surface area contributed by atoms with Gasteiger partial charge in [-0.05, 0) is 54.0 Å². The molecule has 9 heteroatoms. The molecule has 25 heavy (non-hydrogen) atoms. The predicted octanol–water partition coefficient (Wildman–Crippen LogP) is 4.01. The highest BCUT2D eigenvalue weighted by molar-refractivity contribution is 9.10. The highest BCUT2D eigenvalue weighted by atomic mass is 79.9. The fourth-order valence-corrected chi connectivity index (χ4v) is 3.28. The standard InChI is InChI=1S/C16H16BrN5O2S/c1-10(2)22-15(12-4-3-7-24-12)20-21-16(22)25-9-14(23)19-13-6-5-11(17)8-18-13/h3-8,10H,9H2,1-2H3,(H,18,19,23). The molecular weight excluding hydrogens is 406 g/mol. The van der Waals surface area contributed by atoms with Crippen molar-refractivity contribution in [1.29, 1.82) is 0 Å². The van der Waals surface area contributed by atoms with Crippen molar-refractivity contribution in [2.24, 2.45) is 0 Å². The van der Waals surface area contributed by atoms with Gasteiger partial charge in [0, 0.05) is 16.7 Å². The van der Waals surface area contributed by atoms with E-state index in [9.17, 15) is 4.79 Å². The number of nitrogens with one attached hydrogen (secondary N) is 1. The zero-order valence-electron chi connectivity index (χ0n) is 13.6. The number of pyridine rings is 1. The first-order valence-corrected chi connectivity index (χ1v) is 9.35. The number of amides is 1. The number of carbonyl (C=O) groups excluding carboxylic acids is 1. The number of rotatable bonds is 6. The average Bonchev–Trinajstić information content (AvgIpc) is 3.24. The minimum atomic E-state index is -0.155. The molecule has 0 spiro atoms. The van der Waals surface area contributed by atoms with Gasteiger partial charge in [0.15, 0.2) is 10.9 Å². The van der Waals surface area contributed by atoms with Gasteiger partial charge in [-0.15, -0.1) is 10.2 Å². The lowest BCUT2D eigenvalue weighted by molar-refractivity contribution is -0.113. The van der Waals surface area contributed by atoms with E-state index in [2.05, 4.69) is 36.4 Å². The Kier molecular flexibility index (Phi) is 5.54. The maximum Gasteiger partial charge on any atom is 0.236 e. The summed E-state index contributed by atoms with van der Waals surface area (Å²) in [5.41, 5.74) is 0. The molecule has 0 radical (unpaired) electrons. The molecule has 0 aliphatic heterocycles. The third-order valence-electron chi connectivity index (χ3n) is 3.25. The first-order valence-electron chi connectivity index (χ1n) is 7.57. The first-order chi connectivity index (χ1) is 12.0. The van der Waals surface area contributed by atoms with Crippen LogP contribution in [0.15, 0.2) is 50.8 Å². The van der Waals surface area contributed by atoms with Crippen molar-refractivity contribution in [3.05, 3.63) is 41.2 Å². The van der Waals surface area contributed by atoms with Crippen molar-refractivity contribution in [2.45, 2.75) is 25.0 Å². The van der Waals surface area contributed by atoms with Crippen molar-refractivity contribution in [3.63, 3.8) is 0 Å². The fraction of sp³-hybridized carbons (Fsp3) is 0.250. The van der Waals surface area contributed by atoms with Crippen LogP contribution in [0.1, 0.15) is 19.9 Å². The Labute approximate surface area is 157 Å². The lowest BCUT2D eigenvalue weighted by Crippen LogP contribution is -2.15. The third-order valence-corrected chi connectivity index (χ3v) is 4.66. The van der Waals surface area contributed by atoms with E-state index in [0.717, 1.165) is 4.47 Å². The number of anilines is 1. The number of carbonyl (C=O) groups is 1. The number of aromatic nitrogens is 4. The Hall–Kier alpha value is -2.13. The second-order valence-electron chi connectivity index (χ2n) is 5.45. The number of nitrogens with zero attached hydrogens (tertiary/aromatic N) is 4. The second kappa shape index (κ2) is 7.83. The van der Waals surface area contributed by atoms with E-state index >= 15 is 0 Å². The number of hydrogen-bond donors (Lipinski definition) is 1. The van der Waals surface area contributed by atoms with E-state index in [1.54, 1.807) is 24.6 Å². The second-order valence-corrected chi connectivity index (χ2v) is 7.30. The van der Waals surface area contributed by atoms with Crippen molar-refractivity contribution >= 4 is 39.4 Å². The minimum absolute atomic E-state index is 0.133. The van der Waals surface area contributed by atoms with Gasteiger partial charge < -0.3 is 9.73 Å². The van der Waals surface area contributed by atoms with Gasteiger partial charge in [-0.25, -0.2) is 4.98 Å². The SMILES string of the molecule is CC(C)n1c(SCC(=O)Nc2ccc(Br)cn2)nnc1-c1ccco1. The molecule has 0 bridgehead atoms. The van der Waals surface area contributed by atoms with Crippen LogP contribution in [-0.4, -0.2) is 31.4 Å². The quantitative estimate of drug-likeness (QED) is 0.605. The fourth-order valence-electron chi connectivity index (χ4n) is 2.17. The topological polar surface area (TPSA) is 85.8 Å². The Bertz CT molecular complexity index is 846. The predicted molar refractivity (Wildman–Crippen MR) is 99.4 cm³/mol. The zero-order chi connectivity index (χ0) is 17.8. The highest BCUT2D eigenvalue weighted by Gasteiger charge is 2.19. The van der Waals surface area contributed by atoms with Crippen LogP contribution in [0.4, 0.5) is 5.82 Å². The van der Waals surface area contributed by atoms with Gasteiger partial charge in [0.1, 0.15) is 5.82 Å². The smallest absolute Gasteiger partial charge is 0.236 e. The van der Waals surface area contributed by atoms with E-state index in [4.69, 9.17) is 4.42 Å². The van der Waals surface area contributed by atoms with Crippen molar-refractivity contribution in [1.82, 2.24) is 19.7 Å². The molecule has 0 saturated carbocycles. The Balaban J connectivity index is 1.68. The summed E-state index contributed by atoms with van der Waals surface area (Å²) in [6, 6.07) is 7.33. The number of furan rings is 1. The largest absolute Gasteiger partial charge is 0.461 e. The molecule has 3 aromatic heterocycles. The zero-order valence-corrected chi connectivity index (χ0v) is 16.0. The average molecular weight is 422 g/mol. The molecule has 0 atom stereocenters. The Morgan fingerprint density at radius 1 is 1.36 bits per heavy atom. The van der Waals surface area contributed by atoms with Crippen LogP contribution < -0.4 is 5.32 Å². The van der Waals surface area contributed by atoms with Gasteiger partial charge in [0.2, 0.25) is 11.7 Å². The maximum absolute atomic E-state index is 12.1. The van der Waals surface area contributed by atoms with Gasteiger partial charge in [-0.2, -0.15) is 0 Å². The van der Waals surface area contributed by atoms with Crippen LogP contribution in [0, 0.1) is 0 Å². The summed E-state index contributed by atoms with van der Waals surface area (Å²) in [5, 5.41) is 11.8. The molecule has 0 aliphatic carbocycles. The van der Waals surface area contributed by atoms with Crippen molar-refractivity contribution in [3.8, 4) is 11.6 Å². The van der Waals surface area contributed by atoms with Crippen LogP contribution in [0.25, 0.3) is 11.6 Å². The van der Waals surface area contributed by atoms with E-state index < -0.39 is 0 Å². The van der Waals surface area contributed by atoms with Crippen molar-refractivity contribution < 1.29 is 9.21 Å². The van der Waals surface area contributed by atoms with E-state index in [-0.39, 0.29) is 17.7 Å². The molecule has 7 nitrogen and oxygen atoms in total. The summed E-state index contributed by atoms with van der Waals surface area (Å²) in [4.78, 5) is 16.3. The maximum atomic E-state index is 12.1. The first kappa shape index (κ1) is 17.7. The molecule has 1 N–H and O–H groups in total. The van der Waals surface area contributed by atoms with Crippen LogP contribution >= 0.6 is 27.7 Å². The molecule has 0 unspecified atom stereocenters. The van der Waals surface area contributed by atoms with Gasteiger partial charge in [-0.1, -0.05) is 11.8 Å². The summed E-state index contributed by atoms with van der Waals surface area (Å²) in [6.45, 7) is 4.07. The number of halogens is 1. The number of thioether (sulfide) groups is 1. The Morgan fingerprint density at radius 3 is 2.84 bits per heavy atom. The normalized spacial score (nSPS) is 11.0. The van der Waals surface area contributed by atoms with Crippen LogP contribution in [0.5, 0.6) is 0 Å². The Morgan fingerprint density at radius 2 is 2.20 bits per heavy atom. The van der Waals surface area contributed by atoms with Crippen molar-refractivity contribution in [2.75, 3.05) is 11.1 Å². The van der Waals surface area contributed by atoms with Crippen LogP contribution in [0.3, 0.4) is 0 Å². The summed E-state index contributed by atoms with van der Waals surface area (Å²) >= 11 is 4.63. The molecule has 3 aromatic rings. The third kappa shape index (κ3) is 4.29. The minimum Gasteiger partial charge on any atom is -0.461 e. The van der Waals surface area contributed by atoms with E-state index in [1.807, 2.05) is 30.5 Å². The molecule has 0 fully saturated rings. The number of hydrogen-bond acceptors (Lipinski definition) is 6. The monoisotopic (exact) mass is 421 g/mol. The molecule has 0 saturated heterocycles. The molecule has 1 amide bonds. The highest BCUT2D eigenvalue weighted by Crippen LogP contribution is 2.27. The van der Waals surface area contributed by atoms with Gasteiger partial charge in [-0.3, -0.25) is 9.36 Å². The van der Waals surface area contributed by atoms with Gasteiger partial charge >= 0.3 is 0 Å². The van der Waals surface area contributed by atoms with Crippen LogP contribution in [-0.2, 0) is 4.79 Å². The molecule has 130 valence electrons. The summed E-state index contributed by atoms with van der Waals surface area (Å²) < 4.78 is 8.22. The summed E-state index contributed by atoms with van der Waals surface area (Å²) in [7, 11) is 0. The van der Waals surface area contributed by atoms with Gasteiger partial charge in [0.05, 0.1) is 12.0 Å². The lowest BCUT2D eigenvalue weighted by Gasteiger charge is -2.12. The van der Waals surface area contributed by atoms with Gasteiger partial charge in [0.25, 0.3) is 0 Å². The summed E-state index contributed by atoms with van der Waals surface area (Å²) in [5.74, 6) is 1.86. The molecule has 3 heterocycles. The molecular formula is C16H16BrN5O2S. The van der Waals surface area contributed by atoms with E-state index in [0.29, 0.717) is 22.6 Å². The molecule has 0 aliphatic rings.